The standard InChI is InChI=1S/C19H28/c1-5-13-19(3,4)14-18-15(6-2)11-12-16-9-7-8-10-17(16)18/h7-10H,5-6,11-14H2,1-4H3. The number of fused-ring (bicyclic) bond motifs is 1. The SMILES string of the molecule is CCCC(C)(C)CC1=C(CC)CCc2ccccc21. The highest BCUT2D eigenvalue weighted by Gasteiger charge is 2.24. The highest BCUT2D eigenvalue weighted by molar-refractivity contribution is 5.73. The molecule has 0 heterocycles. The first-order valence-corrected chi connectivity index (χ1v) is 7.86. The molecule has 2 rings (SSSR count). The van der Waals surface area contributed by atoms with Crippen LogP contribution in [0.1, 0.15) is 70.9 Å². The average Bonchev–Trinajstić information content (AvgIpc) is 2.38. The zero-order valence-corrected chi connectivity index (χ0v) is 13.1. The summed E-state index contributed by atoms with van der Waals surface area (Å²) >= 11 is 0. The molecule has 104 valence electrons. The number of hydrogen-bond donors (Lipinski definition) is 0. The zero-order chi connectivity index (χ0) is 13.9. The number of hydrogen-bond acceptors (Lipinski definition) is 0. The van der Waals surface area contributed by atoms with Crippen molar-refractivity contribution in [3.05, 3.63) is 41.0 Å². The second-order valence-corrected chi connectivity index (χ2v) is 6.68. The molecule has 0 heteroatoms. The minimum absolute atomic E-state index is 0.426. The smallest absolute Gasteiger partial charge is 0.0193 e. The van der Waals surface area contributed by atoms with Crippen molar-refractivity contribution in [2.45, 2.75) is 66.2 Å². The lowest BCUT2D eigenvalue weighted by molar-refractivity contribution is 0.340. The van der Waals surface area contributed by atoms with Crippen LogP contribution in [0.4, 0.5) is 0 Å². The summed E-state index contributed by atoms with van der Waals surface area (Å²) in [4.78, 5) is 0. The first-order chi connectivity index (χ1) is 9.07. The summed E-state index contributed by atoms with van der Waals surface area (Å²) in [6.07, 6.45) is 7.55. The van der Waals surface area contributed by atoms with Crippen molar-refractivity contribution >= 4 is 5.57 Å². The van der Waals surface area contributed by atoms with Gasteiger partial charge in [0, 0.05) is 0 Å². The molecular weight excluding hydrogens is 228 g/mol. The Morgan fingerprint density at radius 3 is 2.47 bits per heavy atom. The molecule has 19 heavy (non-hydrogen) atoms. The fourth-order valence-corrected chi connectivity index (χ4v) is 3.51. The van der Waals surface area contributed by atoms with Gasteiger partial charge in [0.15, 0.2) is 0 Å². The molecule has 0 atom stereocenters. The van der Waals surface area contributed by atoms with Crippen LogP contribution >= 0.6 is 0 Å². The van der Waals surface area contributed by atoms with Gasteiger partial charge in [0.2, 0.25) is 0 Å². The molecule has 0 amide bonds. The van der Waals surface area contributed by atoms with Gasteiger partial charge in [-0.1, -0.05) is 64.0 Å². The molecule has 0 nitrogen and oxygen atoms in total. The highest BCUT2D eigenvalue weighted by atomic mass is 14.3. The molecule has 0 aliphatic heterocycles. The first-order valence-electron chi connectivity index (χ1n) is 7.86. The molecule has 1 aromatic carbocycles. The maximum absolute atomic E-state index is 2.42. The molecule has 0 unspecified atom stereocenters. The zero-order valence-electron chi connectivity index (χ0n) is 13.1. The second kappa shape index (κ2) is 5.94. The van der Waals surface area contributed by atoms with Gasteiger partial charge in [-0.25, -0.2) is 0 Å². The van der Waals surface area contributed by atoms with Gasteiger partial charge in [-0.05, 0) is 54.2 Å². The maximum Gasteiger partial charge on any atom is -0.0193 e. The summed E-state index contributed by atoms with van der Waals surface area (Å²) < 4.78 is 0. The minimum atomic E-state index is 0.426. The monoisotopic (exact) mass is 256 g/mol. The summed E-state index contributed by atoms with van der Waals surface area (Å²) in [5.74, 6) is 0. The quantitative estimate of drug-likeness (QED) is 0.605. The molecule has 0 bridgehead atoms. The number of benzene rings is 1. The first kappa shape index (κ1) is 14.4. The third kappa shape index (κ3) is 3.29. The third-order valence-corrected chi connectivity index (χ3v) is 4.47. The maximum atomic E-state index is 2.42. The number of allylic oxidation sites excluding steroid dienone is 2. The van der Waals surface area contributed by atoms with Crippen LogP contribution in [0.15, 0.2) is 29.8 Å². The predicted octanol–water partition coefficient (Wildman–Crippen LogP) is 6.01. The summed E-state index contributed by atoms with van der Waals surface area (Å²) in [5.41, 5.74) is 6.87. The van der Waals surface area contributed by atoms with E-state index in [-0.39, 0.29) is 0 Å². The molecule has 0 aromatic heterocycles. The van der Waals surface area contributed by atoms with Gasteiger partial charge in [0.1, 0.15) is 0 Å². The van der Waals surface area contributed by atoms with E-state index in [2.05, 4.69) is 52.0 Å². The predicted molar refractivity (Wildman–Crippen MR) is 85.3 cm³/mol. The van der Waals surface area contributed by atoms with Gasteiger partial charge in [-0.3, -0.25) is 0 Å². The van der Waals surface area contributed by atoms with E-state index in [1.54, 1.807) is 16.7 Å². The Morgan fingerprint density at radius 2 is 1.79 bits per heavy atom. The Labute approximate surface area is 118 Å². The van der Waals surface area contributed by atoms with Crippen LogP contribution in [-0.4, -0.2) is 0 Å². The van der Waals surface area contributed by atoms with Gasteiger partial charge in [-0.15, -0.1) is 0 Å². The lowest BCUT2D eigenvalue weighted by atomic mass is 9.74. The van der Waals surface area contributed by atoms with Crippen LogP contribution in [0.25, 0.3) is 5.57 Å². The lowest BCUT2D eigenvalue weighted by Crippen LogP contribution is -2.15. The van der Waals surface area contributed by atoms with E-state index in [1.165, 1.54) is 44.1 Å². The Bertz CT molecular complexity index is 463. The average molecular weight is 256 g/mol. The van der Waals surface area contributed by atoms with Crippen LogP contribution in [0.3, 0.4) is 0 Å². The largest absolute Gasteiger partial charge is 0.0663 e. The Kier molecular flexibility index (Phi) is 4.50. The summed E-state index contributed by atoms with van der Waals surface area (Å²) in [6.45, 7) is 9.46. The van der Waals surface area contributed by atoms with Gasteiger partial charge in [-0.2, -0.15) is 0 Å². The second-order valence-electron chi connectivity index (χ2n) is 6.68. The van der Waals surface area contributed by atoms with E-state index >= 15 is 0 Å². The van der Waals surface area contributed by atoms with Crippen molar-refractivity contribution in [1.29, 1.82) is 0 Å². The molecule has 1 aromatic rings. The fraction of sp³-hybridized carbons (Fsp3) is 0.579. The van der Waals surface area contributed by atoms with Crippen molar-refractivity contribution in [1.82, 2.24) is 0 Å². The molecule has 1 aliphatic rings. The van der Waals surface area contributed by atoms with E-state index in [0.717, 1.165) is 0 Å². The van der Waals surface area contributed by atoms with E-state index in [1.807, 2.05) is 0 Å². The third-order valence-electron chi connectivity index (χ3n) is 4.47. The number of rotatable bonds is 5. The Balaban J connectivity index is 2.36. The molecule has 0 radical (unpaired) electrons. The molecule has 0 N–H and O–H groups in total. The van der Waals surface area contributed by atoms with Crippen molar-refractivity contribution in [3.63, 3.8) is 0 Å². The summed E-state index contributed by atoms with van der Waals surface area (Å²) in [5, 5.41) is 0. The molecular formula is C19H28. The minimum Gasteiger partial charge on any atom is -0.0663 e. The summed E-state index contributed by atoms with van der Waals surface area (Å²) in [6, 6.07) is 9.03. The van der Waals surface area contributed by atoms with Gasteiger partial charge >= 0.3 is 0 Å². The molecule has 0 saturated carbocycles. The normalized spacial score (nSPS) is 15.6. The molecule has 0 saturated heterocycles. The van der Waals surface area contributed by atoms with E-state index in [4.69, 9.17) is 0 Å². The van der Waals surface area contributed by atoms with Crippen molar-refractivity contribution in [3.8, 4) is 0 Å². The van der Waals surface area contributed by atoms with Gasteiger partial charge in [0.25, 0.3) is 0 Å². The lowest BCUT2D eigenvalue weighted by Gasteiger charge is -2.31. The molecule has 0 fully saturated rings. The molecule has 1 aliphatic carbocycles. The van der Waals surface area contributed by atoms with Crippen LogP contribution in [0, 0.1) is 5.41 Å². The Hall–Kier alpha value is -1.04. The van der Waals surface area contributed by atoms with Crippen LogP contribution < -0.4 is 0 Å². The van der Waals surface area contributed by atoms with Crippen LogP contribution in [0.2, 0.25) is 0 Å². The van der Waals surface area contributed by atoms with Crippen LogP contribution in [-0.2, 0) is 6.42 Å². The molecule has 0 spiro atoms. The van der Waals surface area contributed by atoms with Crippen molar-refractivity contribution in [2.24, 2.45) is 5.41 Å². The van der Waals surface area contributed by atoms with E-state index in [0.29, 0.717) is 5.41 Å². The van der Waals surface area contributed by atoms with E-state index in [9.17, 15) is 0 Å². The fourth-order valence-electron chi connectivity index (χ4n) is 3.51. The number of aryl methyl sites for hydroxylation is 1. The van der Waals surface area contributed by atoms with Gasteiger partial charge < -0.3 is 0 Å². The van der Waals surface area contributed by atoms with Crippen LogP contribution in [0.5, 0.6) is 0 Å². The van der Waals surface area contributed by atoms with E-state index < -0.39 is 0 Å². The van der Waals surface area contributed by atoms with Crippen molar-refractivity contribution < 1.29 is 0 Å². The Morgan fingerprint density at radius 1 is 1.05 bits per heavy atom. The topological polar surface area (TPSA) is 0 Å². The van der Waals surface area contributed by atoms with Gasteiger partial charge in [0.05, 0.1) is 0 Å². The van der Waals surface area contributed by atoms with Crippen molar-refractivity contribution in [2.75, 3.05) is 0 Å². The summed E-state index contributed by atoms with van der Waals surface area (Å²) in [7, 11) is 0. The highest BCUT2D eigenvalue weighted by Crippen LogP contribution is 2.41.